The van der Waals surface area contributed by atoms with Crippen LogP contribution in [0.4, 0.5) is 0 Å². The highest BCUT2D eigenvalue weighted by Crippen LogP contribution is 2.28. The SMILES string of the molecule is COCC1(CNC(=O)C(C)Oc2ccc(-c3ccccc3)cc2)CCNCC1. The van der Waals surface area contributed by atoms with Gasteiger partial charge in [-0.2, -0.15) is 0 Å². The molecule has 28 heavy (non-hydrogen) atoms. The fourth-order valence-corrected chi connectivity index (χ4v) is 3.67. The Morgan fingerprint density at radius 1 is 1.07 bits per heavy atom. The zero-order chi connectivity index (χ0) is 19.8. The summed E-state index contributed by atoms with van der Waals surface area (Å²) in [6, 6.07) is 18.0. The molecule has 5 heteroatoms. The van der Waals surface area contributed by atoms with Gasteiger partial charge in [0.05, 0.1) is 6.61 Å². The Kier molecular flexibility index (Phi) is 7.06. The molecule has 3 rings (SSSR count). The van der Waals surface area contributed by atoms with E-state index in [1.807, 2.05) is 42.5 Å². The average Bonchev–Trinajstić information content (AvgIpc) is 2.74. The Hall–Kier alpha value is -2.37. The summed E-state index contributed by atoms with van der Waals surface area (Å²) in [6.07, 6.45) is 1.44. The Bertz CT molecular complexity index is 735. The van der Waals surface area contributed by atoms with E-state index in [0.717, 1.165) is 37.1 Å². The maximum atomic E-state index is 12.5. The lowest BCUT2D eigenvalue weighted by Crippen LogP contribution is -2.49. The lowest BCUT2D eigenvalue weighted by Gasteiger charge is -2.37. The molecule has 2 aromatic rings. The van der Waals surface area contributed by atoms with Crippen LogP contribution in [0.2, 0.25) is 0 Å². The molecule has 0 aromatic heterocycles. The summed E-state index contributed by atoms with van der Waals surface area (Å²) >= 11 is 0. The zero-order valence-electron chi connectivity index (χ0n) is 16.7. The highest BCUT2D eigenvalue weighted by molar-refractivity contribution is 5.80. The number of carbonyl (C=O) groups is 1. The number of rotatable bonds is 8. The van der Waals surface area contributed by atoms with Crippen LogP contribution in [0.15, 0.2) is 54.6 Å². The van der Waals surface area contributed by atoms with Crippen molar-refractivity contribution in [1.29, 1.82) is 0 Å². The highest BCUT2D eigenvalue weighted by atomic mass is 16.5. The van der Waals surface area contributed by atoms with Gasteiger partial charge in [0, 0.05) is 19.1 Å². The number of nitrogens with one attached hydrogen (secondary N) is 2. The van der Waals surface area contributed by atoms with Gasteiger partial charge in [-0.3, -0.25) is 4.79 Å². The fourth-order valence-electron chi connectivity index (χ4n) is 3.67. The first-order chi connectivity index (χ1) is 13.6. The van der Waals surface area contributed by atoms with Crippen molar-refractivity contribution in [3.05, 3.63) is 54.6 Å². The summed E-state index contributed by atoms with van der Waals surface area (Å²) in [7, 11) is 1.72. The van der Waals surface area contributed by atoms with Crippen LogP contribution < -0.4 is 15.4 Å². The third kappa shape index (κ3) is 5.33. The predicted molar refractivity (Wildman–Crippen MR) is 111 cm³/mol. The van der Waals surface area contributed by atoms with Crippen molar-refractivity contribution in [1.82, 2.24) is 10.6 Å². The van der Waals surface area contributed by atoms with Crippen LogP contribution in [0.25, 0.3) is 11.1 Å². The quantitative estimate of drug-likeness (QED) is 0.736. The van der Waals surface area contributed by atoms with Crippen molar-refractivity contribution in [3.63, 3.8) is 0 Å². The van der Waals surface area contributed by atoms with Gasteiger partial charge in [0.1, 0.15) is 5.75 Å². The molecule has 5 nitrogen and oxygen atoms in total. The van der Waals surface area contributed by atoms with Gasteiger partial charge < -0.3 is 20.1 Å². The number of benzene rings is 2. The van der Waals surface area contributed by atoms with Gasteiger partial charge in [-0.05, 0) is 56.1 Å². The molecule has 2 aromatic carbocycles. The summed E-state index contributed by atoms with van der Waals surface area (Å²) in [5.41, 5.74) is 2.29. The smallest absolute Gasteiger partial charge is 0.260 e. The van der Waals surface area contributed by atoms with Crippen molar-refractivity contribution in [3.8, 4) is 16.9 Å². The van der Waals surface area contributed by atoms with E-state index in [4.69, 9.17) is 9.47 Å². The van der Waals surface area contributed by atoms with Crippen LogP contribution in [-0.4, -0.2) is 45.4 Å². The van der Waals surface area contributed by atoms with Crippen LogP contribution in [0.5, 0.6) is 5.75 Å². The maximum absolute atomic E-state index is 12.5. The molecule has 1 fully saturated rings. The molecule has 2 N–H and O–H groups in total. The molecule has 1 aliphatic heterocycles. The molecule has 0 spiro atoms. The fraction of sp³-hybridized carbons (Fsp3) is 0.435. The van der Waals surface area contributed by atoms with Gasteiger partial charge in [-0.15, -0.1) is 0 Å². The molecule has 1 aliphatic rings. The minimum absolute atomic E-state index is 0.00666. The molecular formula is C23H30N2O3. The lowest BCUT2D eigenvalue weighted by molar-refractivity contribution is -0.128. The molecule has 1 saturated heterocycles. The van der Waals surface area contributed by atoms with Gasteiger partial charge in [-0.1, -0.05) is 42.5 Å². The van der Waals surface area contributed by atoms with E-state index >= 15 is 0 Å². The molecule has 1 amide bonds. The molecule has 0 aliphatic carbocycles. The molecule has 150 valence electrons. The highest BCUT2D eigenvalue weighted by Gasteiger charge is 2.33. The summed E-state index contributed by atoms with van der Waals surface area (Å²) < 4.78 is 11.3. The second-order valence-corrected chi connectivity index (χ2v) is 7.55. The number of hydrogen-bond donors (Lipinski definition) is 2. The van der Waals surface area contributed by atoms with E-state index in [1.165, 1.54) is 0 Å². The molecule has 1 heterocycles. The van der Waals surface area contributed by atoms with Crippen LogP contribution in [0, 0.1) is 5.41 Å². The predicted octanol–water partition coefficient (Wildman–Crippen LogP) is 3.25. The molecule has 0 saturated carbocycles. The molecule has 0 bridgehead atoms. The lowest BCUT2D eigenvalue weighted by atomic mass is 9.79. The van der Waals surface area contributed by atoms with Crippen LogP contribution >= 0.6 is 0 Å². The average molecular weight is 383 g/mol. The van der Waals surface area contributed by atoms with E-state index in [1.54, 1.807) is 14.0 Å². The van der Waals surface area contributed by atoms with Crippen LogP contribution in [0.1, 0.15) is 19.8 Å². The third-order valence-electron chi connectivity index (χ3n) is 5.40. The van der Waals surface area contributed by atoms with Crippen molar-refractivity contribution in [2.45, 2.75) is 25.9 Å². The monoisotopic (exact) mass is 382 g/mol. The molecule has 1 atom stereocenters. The standard InChI is InChI=1S/C23H30N2O3/c1-18(22(26)25-16-23(17-27-2)12-14-24-15-13-23)28-21-10-8-20(9-11-21)19-6-4-3-5-7-19/h3-11,18,24H,12-17H2,1-2H3,(H,25,26). The van der Waals surface area contributed by atoms with E-state index in [-0.39, 0.29) is 11.3 Å². The van der Waals surface area contributed by atoms with Crippen molar-refractivity contribution >= 4 is 5.91 Å². The molecule has 0 radical (unpaired) electrons. The summed E-state index contributed by atoms with van der Waals surface area (Å²) in [5, 5.41) is 6.43. The Morgan fingerprint density at radius 2 is 1.71 bits per heavy atom. The second-order valence-electron chi connectivity index (χ2n) is 7.55. The van der Waals surface area contributed by atoms with E-state index in [2.05, 4.69) is 22.8 Å². The molecular weight excluding hydrogens is 352 g/mol. The minimum Gasteiger partial charge on any atom is -0.481 e. The summed E-state index contributed by atoms with van der Waals surface area (Å²) in [4.78, 5) is 12.5. The summed E-state index contributed by atoms with van der Waals surface area (Å²) in [6.45, 7) is 4.97. The largest absolute Gasteiger partial charge is 0.481 e. The van der Waals surface area contributed by atoms with E-state index in [9.17, 15) is 4.79 Å². The Labute approximate surface area is 167 Å². The van der Waals surface area contributed by atoms with Crippen molar-refractivity contribution in [2.24, 2.45) is 5.41 Å². The van der Waals surface area contributed by atoms with Gasteiger partial charge >= 0.3 is 0 Å². The van der Waals surface area contributed by atoms with Crippen LogP contribution in [0.3, 0.4) is 0 Å². The van der Waals surface area contributed by atoms with Gasteiger partial charge in [-0.25, -0.2) is 0 Å². The first-order valence-electron chi connectivity index (χ1n) is 9.91. The Balaban J connectivity index is 1.53. The number of carbonyl (C=O) groups excluding carboxylic acids is 1. The number of methoxy groups -OCH3 is 1. The van der Waals surface area contributed by atoms with Gasteiger partial charge in [0.25, 0.3) is 5.91 Å². The number of piperidine rings is 1. The number of amides is 1. The molecule has 1 unspecified atom stereocenters. The normalized spacial score (nSPS) is 16.9. The van der Waals surface area contributed by atoms with Gasteiger partial charge in [0.15, 0.2) is 6.10 Å². The topological polar surface area (TPSA) is 59.6 Å². The van der Waals surface area contributed by atoms with Crippen molar-refractivity contribution in [2.75, 3.05) is 33.4 Å². The zero-order valence-corrected chi connectivity index (χ0v) is 16.7. The first kappa shape index (κ1) is 20.4. The summed E-state index contributed by atoms with van der Waals surface area (Å²) in [5.74, 6) is 0.594. The van der Waals surface area contributed by atoms with Crippen LogP contribution in [-0.2, 0) is 9.53 Å². The maximum Gasteiger partial charge on any atom is 0.260 e. The van der Waals surface area contributed by atoms with E-state index < -0.39 is 6.10 Å². The third-order valence-corrected chi connectivity index (χ3v) is 5.40. The van der Waals surface area contributed by atoms with E-state index in [0.29, 0.717) is 18.9 Å². The number of ether oxygens (including phenoxy) is 2. The van der Waals surface area contributed by atoms with Gasteiger partial charge in [0.2, 0.25) is 0 Å². The first-order valence-corrected chi connectivity index (χ1v) is 9.91. The number of hydrogen-bond acceptors (Lipinski definition) is 4. The minimum atomic E-state index is -0.552. The van der Waals surface area contributed by atoms with Crippen molar-refractivity contribution < 1.29 is 14.3 Å². The second kappa shape index (κ2) is 9.71. The Morgan fingerprint density at radius 3 is 2.36 bits per heavy atom.